The third-order valence-electron chi connectivity index (χ3n) is 1.61. The topological polar surface area (TPSA) is 57.5 Å². The van der Waals surface area contributed by atoms with E-state index in [2.05, 4.69) is 19.1 Å². The van der Waals surface area contributed by atoms with Crippen LogP contribution in [0.5, 0.6) is 5.75 Å². The molecule has 0 bridgehead atoms. The number of carboxylic acid groups (broad SMARTS) is 1. The lowest BCUT2D eigenvalue weighted by atomic mass is 10.2. The average molecular weight is 208 g/mol. The smallest absolute Gasteiger partial charge is 0.339 e. The Hall–Kier alpha value is -1.77. The summed E-state index contributed by atoms with van der Waals surface area (Å²) in [6.45, 7) is 4.16. The first-order valence-electron chi connectivity index (χ1n) is 4.75. The van der Waals surface area contributed by atoms with Gasteiger partial charge in [0.2, 0.25) is 0 Å². The molecule has 0 radical (unpaired) electrons. The monoisotopic (exact) mass is 208 g/mol. The van der Waals surface area contributed by atoms with Crippen molar-refractivity contribution in [1.82, 2.24) is 0 Å². The zero-order valence-electron chi connectivity index (χ0n) is 8.97. The highest BCUT2D eigenvalue weighted by molar-refractivity contribution is 5.90. The first-order valence-corrected chi connectivity index (χ1v) is 4.75. The molecular formula is C12H16O3. The number of rotatable bonds is 2. The summed E-state index contributed by atoms with van der Waals surface area (Å²) in [6, 6.07) is 5.81. The Morgan fingerprint density at radius 2 is 2.00 bits per heavy atom. The van der Waals surface area contributed by atoms with Crippen LogP contribution in [0.2, 0.25) is 0 Å². The standard InChI is InChI=1S/C7H6O3.C5H10/c8-6-4-2-1-3-5(6)7(9)10;1-3-5-4-2/h1-4,8H,(H,9,10);3,5H,4H2,1-2H3/b;5-3+. The van der Waals surface area contributed by atoms with Gasteiger partial charge in [-0.1, -0.05) is 31.2 Å². The number of allylic oxidation sites excluding steroid dienone is 2. The molecule has 0 amide bonds. The molecule has 0 aliphatic carbocycles. The summed E-state index contributed by atoms with van der Waals surface area (Å²) in [5.74, 6) is -1.31. The number of carboxylic acids is 1. The molecule has 0 saturated carbocycles. The van der Waals surface area contributed by atoms with Crippen molar-refractivity contribution in [3.63, 3.8) is 0 Å². The zero-order chi connectivity index (χ0) is 11.7. The summed E-state index contributed by atoms with van der Waals surface area (Å²) < 4.78 is 0. The van der Waals surface area contributed by atoms with Gasteiger partial charge in [-0.05, 0) is 25.5 Å². The molecule has 0 fully saturated rings. The minimum absolute atomic E-state index is 0.0671. The predicted molar refractivity (Wildman–Crippen MR) is 60.2 cm³/mol. The highest BCUT2D eigenvalue weighted by atomic mass is 16.4. The Bertz CT molecular complexity index is 329. The van der Waals surface area contributed by atoms with Gasteiger partial charge in [-0.15, -0.1) is 0 Å². The Morgan fingerprint density at radius 3 is 2.27 bits per heavy atom. The van der Waals surface area contributed by atoms with E-state index in [-0.39, 0.29) is 11.3 Å². The van der Waals surface area contributed by atoms with E-state index in [1.54, 1.807) is 12.1 Å². The van der Waals surface area contributed by atoms with Crippen molar-refractivity contribution in [1.29, 1.82) is 0 Å². The lowest BCUT2D eigenvalue weighted by Crippen LogP contribution is -1.95. The second-order valence-electron chi connectivity index (χ2n) is 2.80. The summed E-state index contributed by atoms with van der Waals surface area (Å²) in [7, 11) is 0. The van der Waals surface area contributed by atoms with Crippen LogP contribution in [0.15, 0.2) is 36.4 Å². The van der Waals surface area contributed by atoms with Crippen LogP contribution >= 0.6 is 0 Å². The highest BCUT2D eigenvalue weighted by Crippen LogP contribution is 2.14. The van der Waals surface area contributed by atoms with E-state index in [0.29, 0.717) is 0 Å². The van der Waals surface area contributed by atoms with Crippen LogP contribution in [-0.2, 0) is 0 Å². The number of hydrogen-bond acceptors (Lipinski definition) is 2. The molecule has 0 saturated heterocycles. The molecule has 0 heterocycles. The minimum Gasteiger partial charge on any atom is -0.507 e. The Morgan fingerprint density at radius 1 is 1.40 bits per heavy atom. The molecule has 2 N–H and O–H groups in total. The minimum atomic E-state index is -1.11. The second-order valence-corrected chi connectivity index (χ2v) is 2.80. The Labute approximate surface area is 89.7 Å². The molecule has 0 aromatic heterocycles. The molecule has 15 heavy (non-hydrogen) atoms. The van der Waals surface area contributed by atoms with Crippen molar-refractivity contribution >= 4 is 5.97 Å². The number of aromatic carboxylic acids is 1. The predicted octanol–water partition coefficient (Wildman–Crippen LogP) is 3.06. The number of aromatic hydroxyl groups is 1. The number of carbonyl (C=O) groups is 1. The van der Waals surface area contributed by atoms with Gasteiger partial charge in [-0.25, -0.2) is 4.79 Å². The van der Waals surface area contributed by atoms with E-state index in [4.69, 9.17) is 10.2 Å². The zero-order valence-corrected chi connectivity index (χ0v) is 8.97. The summed E-state index contributed by atoms with van der Waals surface area (Å²) in [6.07, 6.45) is 5.34. The van der Waals surface area contributed by atoms with Crippen LogP contribution in [0.3, 0.4) is 0 Å². The maximum Gasteiger partial charge on any atom is 0.339 e. The molecule has 0 unspecified atom stereocenters. The fourth-order valence-electron chi connectivity index (χ4n) is 0.890. The summed E-state index contributed by atoms with van der Waals surface area (Å²) in [5.41, 5.74) is -0.0671. The third-order valence-corrected chi connectivity index (χ3v) is 1.61. The van der Waals surface area contributed by atoms with Gasteiger partial charge < -0.3 is 10.2 Å². The van der Waals surface area contributed by atoms with Gasteiger partial charge in [-0.3, -0.25) is 0 Å². The summed E-state index contributed by atoms with van der Waals surface area (Å²) >= 11 is 0. The fourth-order valence-corrected chi connectivity index (χ4v) is 0.890. The molecule has 1 rings (SSSR count). The van der Waals surface area contributed by atoms with Crippen LogP contribution < -0.4 is 0 Å². The second kappa shape index (κ2) is 7.62. The molecule has 0 aliphatic heterocycles. The van der Waals surface area contributed by atoms with Crippen LogP contribution in [0.25, 0.3) is 0 Å². The van der Waals surface area contributed by atoms with E-state index in [9.17, 15) is 4.79 Å². The largest absolute Gasteiger partial charge is 0.507 e. The van der Waals surface area contributed by atoms with E-state index in [0.717, 1.165) is 6.42 Å². The van der Waals surface area contributed by atoms with Crippen molar-refractivity contribution in [2.45, 2.75) is 20.3 Å². The summed E-state index contributed by atoms with van der Waals surface area (Å²) in [4.78, 5) is 10.3. The number of phenols is 1. The normalized spacial score (nSPS) is 9.47. The Balaban J connectivity index is 0.000000336. The molecule has 1 aromatic rings. The van der Waals surface area contributed by atoms with Crippen molar-refractivity contribution < 1.29 is 15.0 Å². The number of hydrogen-bond donors (Lipinski definition) is 2. The lowest BCUT2D eigenvalue weighted by Gasteiger charge is -1.95. The van der Waals surface area contributed by atoms with Gasteiger partial charge in [0, 0.05) is 0 Å². The Kier molecular flexibility index (Phi) is 6.72. The number of benzene rings is 1. The lowest BCUT2D eigenvalue weighted by molar-refractivity contribution is 0.0694. The van der Waals surface area contributed by atoms with E-state index in [1.807, 2.05) is 6.92 Å². The maximum atomic E-state index is 10.3. The molecule has 0 aliphatic rings. The molecule has 3 nitrogen and oxygen atoms in total. The van der Waals surface area contributed by atoms with Crippen molar-refractivity contribution in [3.05, 3.63) is 42.0 Å². The first-order chi connectivity index (χ1) is 7.13. The molecule has 0 atom stereocenters. The average Bonchev–Trinajstić information content (AvgIpc) is 2.20. The fraction of sp³-hybridized carbons (Fsp3) is 0.250. The van der Waals surface area contributed by atoms with E-state index >= 15 is 0 Å². The first kappa shape index (κ1) is 13.2. The van der Waals surface area contributed by atoms with Gasteiger partial charge in [0.25, 0.3) is 0 Å². The van der Waals surface area contributed by atoms with Gasteiger partial charge in [0.15, 0.2) is 0 Å². The molecule has 0 spiro atoms. The quantitative estimate of drug-likeness (QED) is 0.734. The van der Waals surface area contributed by atoms with Crippen LogP contribution in [0.4, 0.5) is 0 Å². The van der Waals surface area contributed by atoms with Gasteiger partial charge in [0.1, 0.15) is 11.3 Å². The van der Waals surface area contributed by atoms with Gasteiger partial charge in [-0.2, -0.15) is 0 Å². The highest BCUT2D eigenvalue weighted by Gasteiger charge is 2.05. The van der Waals surface area contributed by atoms with Crippen LogP contribution in [0.1, 0.15) is 30.6 Å². The molecule has 3 heteroatoms. The SMILES string of the molecule is C/C=C/CC.O=C(O)c1ccccc1O. The van der Waals surface area contributed by atoms with Gasteiger partial charge >= 0.3 is 5.97 Å². The molecular weight excluding hydrogens is 192 g/mol. The van der Waals surface area contributed by atoms with Crippen LogP contribution in [0, 0.1) is 0 Å². The van der Waals surface area contributed by atoms with E-state index in [1.165, 1.54) is 12.1 Å². The molecule has 1 aromatic carbocycles. The van der Waals surface area contributed by atoms with Crippen molar-refractivity contribution in [3.8, 4) is 5.75 Å². The van der Waals surface area contributed by atoms with Crippen molar-refractivity contribution in [2.24, 2.45) is 0 Å². The molecule has 82 valence electrons. The van der Waals surface area contributed by atoms with Crippen molar-refractivity contribution in [2.75, 3.05) is 0 Å². The van der Waals surface area contributed by atoms with Gasteiger partial charge in [0.05, 0.1) is 0 Å². The summed E-state index contributed by atoms with van der Waals surface area (Å²) in [5, 5.41) is 17.3. The van der Waals surface area contributed by atoms with E-state index < -0.39 is 5.97 Å². The number of para-hydroxylation sites is 1. The third kappa shape index (κ3) is 5.52. The van der Waals surface area contributed by atoms with Crippen LogP contribution in [-0.4, -0.2) is 16.2 Å². The maximum absolute atomic E-state index is 10.3.